The second-order valence-electron chi connectivity index (χ2n) is 3.67. The first kappa shape index (κ1) is 12.7. The second-order valence-corrected chi connectivity index (χ2v) is 4.46. The number of ether oxygens (including phenoxy) is 1. The van der Waals surface area contributed by atoms with Gasteiger partial charge in [-0.05, 0) is 46.1 Å². The molecule has 5 heteroatoms. The third-order valence-electron chi connectivity index (χ3n) is 2.66. The fourth-order valence-corrected chi connectivity index (χ4v) is 2.19. The summed E-state index contributed by atoms with van der Waals surface area (Å²) in [5.41, 5.74) is 2.20. The van der Waals surface area contributed by atoms with Crippen molar-refractivity contribution in [3.63, 3.8) is 0 Å². The van der Waals surface area contributed by atoms with E-state index >= 15 is 0 Å². The van der Waals surface area contributed by atoms with Gasteiger partial charge in [0, 0.05) is 5.56 Å². The molecule has 1 aromatic heterocycles. The van der Waals surface area contributed by atoms with E-state index in [-0.39, 0.29) is 5.69 Å². The van der Waals surface area contributed by atoms with Crippen LogP contribution in [0.5, 0.6) is 5.75 Å². The monoisotopic (exact) mass is 306 g/mol. The zero-order valence-corrected chi connectivity index (χ0v) is 11.6. The van der Waals surface area contributed by atoms with Gasteiger partial charge in [0.25, 0.3) is 0 Å². The van der Waals surface area contributed by atoms with Gasteiger partial charge in [0.1, 0.15) is 16.3 Å². The smallest absolute Gasteiger partial charge is 0.198 e. The van der Waals surface area contributed by atoms with Crippen molar-refractivity contribution in [1.29, 1.82) is 5.26 Å². The molecule has 0 fully saturated rings. The minimum absolute atomic E-state index is 0.249. The molecule has 0 unspecified atom stereocenters. The van der Waals surface area contributed by atoms with Gasteiger partial charge >= 0.3 is 0 Å². The number of hydrogen-bond acceptors (Lipinski definition) is 4. The molecule has 0 spiro atoms. The van der Waals surface area contributed by atoms with Gasteiger partial charge in [-0.25, -0.2) is 0 Å². The molecule has 0 aliphatic rings. The van der Waals surface area contributed by atoms with Crippen LogP contribution >= 0.6 is 15.9 Å². The number of hydrogen-bond donors (Lipinski definition) is 0. The SMILES string of the molecule is CCc1cc(-c2onc(C#N)c2Br)ccc1OC. The Balaban J connectivity index is 2.51. The Hall–Kier alpha value is -1.80. The molecule has 2 rings (SSSR count). The molecular weight excluding hydrogens is 296 g/mol. The molecule has 0 saturated heterocycles. The predicted octanol–water partition coefficient (Wildman–Crippen LogP) is 3.55. The Labute approximate surface area is 113 Å². The first-order valence-corrected chi connectivity index (χ1v) is 6.23. The summed E-state index contributed by atoms with van der Waals surface area (Å²) >= 11 is 3.32. The van der Waals surface area contributed by atoms with Crippen molar-refractivity contribution in [1.82, 2.24) is 5.16 Å². The molecule has 0 atom stereocenters. The highest BCUT2D eigenvalue weighted by molar-refractivity contribution is 9.10. The van der Waals surface area contributed by atoms with Gasteiger partial charge in [-0.15, -0.1) is 0 Å². The third kappa shape index (κ3) is 2.12. The van der Waals surface area contributed by atoms with Crippen LogP contribution in [-0.2, 0) is 6.42 Å². The number of nitrogens with zero attached hydrogens (tertiary/aromatic N) is 2. The normalized spacial score (nSPS) is 10.1. The molecule has 2 aromatic rings. The zero-order chi connectivity index (χ0) is 13.1. The average Bonchev–Trinajstić information content (AvgIpc) is 2.79. The van der Waals surface area contributed by atoms with E-state index in [2.05, 4.69) is 28.0 Å². The molecule has 0 bridgehead atoms. The summed E-state index contributed by atoms with van der Waals surface area (Å²) in [6.45, 7) is 2.05. The van der Waals surface area contributed by atoms with Crippen LogP contribution in [0.25, 0.3) is 11.3 Å². The lowest BCUT2D eigenvalue weighted by Gasteiger charge is -2.07. The van der Waals surface area contributed by atoms with Crippen molar-refractivity contribution < 1.29 is 9.26 Å². The highest BCUT2D eigenvalue weighted by Crippen LogP contribution is 2.33. The number of methoxy groups -OCH3 is 1. The van der Waals surface area contributed by atoms with Gasteiger partial charge < -0.3 is 9.26 Å². The molecule has 0 radical (unpaired) electrons. The number of aryl methyl sites for hydroxylation is 1. The molecule has 0 amide bonds. The van der Waals surface area contributed by atoms with Crippen LogP contribution in [-0.4, -0.2) is 12.3 Å². The van der Waals surface area contributed by atoms with Gasteiger partial charge in [-0.2, -0.15) is 5.26 Å². The van der Waals surface area contributed by atoms with Crippen LogP contribution in [0.15, 0.2) is 27.2 Å². The molecule has 0 aliphatic heterocycles. The summed E-state index contributed by atoms with van der Waals surface area (Å²) in [6, 6.07) is 7.70. The predicted molar refractivity (Wildman–Crippen MR) is 70.3 cm³/mol. The summed E-state index contributed by atoms with van der Waals surface area (Å²) in [7, 11) is 1.65. The van der Waals surface area contributed by atoms with E-state index in [1.54, 1.807) is 7.11 Å². The van der Waals surface area contributed by atoms with Crippen molar-refractivity contribution >= 4 is 15.9 Å². The van der Waals surface area contributed by atoms with Crippen LogP contribution < -0.4 is 4.74 Å². The molecule has 0 aliphatic carbocycles. The molecule has 0 saturated carbocycles. The molecule has 92 valence electrons. The fraction of sp³-hybridized carbons (Fsp3) is 0.231. The first-order valence-electron chi connectivity index (χ1n) is 5.43. The van der Waals surface area contributed by atoms with E-state index in [1.165, 1.54) is 0 Å². The lowest BCUT2D eigenvalue weighted by atomic mass is 10.1. The molecule has 1 heterocycles. The van der Waals surface area contributed by atoms with Gasteiger partial charge in [-0.1, -0.05) is 12.1 Å². The Morgan fingerprint density at radius 1 is 1.50 bits per heavy atom. The first-order chi connectivity index (χ1) is 8.71. The van der Waals surface area contributed by atoms with E-state index < -0.39 is 0 Å². The molecule has 0 N–H and O–H groups in total. The highest BCUT2D eigenvalue weighted by Gasteiger charge is 2.16. The minimum Gasteiger partial charge on any atom is -0.496 e. The Kier molecular flexibility index (Phi) is 3.68. The van der Waals surface area contributed by atoms with Crippen molar-refractivity contribution in [2.75, 3.05) is 7.11 Å². The zero-order valence-electron chi connectivity index (χ0n) is 10.0. The topological polar surface area (TPSA) is 59.0 Å². The Morgan fingerprint density at radius 3 is 2.83 bits per heavy atom. The number of rotatable bonds is 3. The van der Waals surface area contributed by atoms with Crippen LogP contribution in [0.3, 0.4) is 0 Å². The van der Waals surface area contributed by atoms with E-state index in [0.29, 0.717) is 10.2 Å². The number of benzene rings is 1. The summed E-state index contributed by atoms with van der Waals surface area (Å²) in [6.07, 6.45) is 0.855. The molecular formula is C13H11BrN2O2. The molecule has 18 heavy (non-hydrogen) atoms. The van der Waals surface area contributed by atoms with Gasteiger partial charge in [0.05, 0.1) is 7.11 Å². The van der Waals surface area contributed by atoms with Gasteiger partial charge in [0.2, 0.25) is 0 Å². The average molecular weight is 307 g/mol. The van der Waals surface area contributed by atoms with E-state index in [9.17, 15) is 0 Å². The Bertz CT molecular complexity index is 614. The molecule has 4 nitrogen and oxygen atoms in total. The maximum atomic E-state index is 8.84. The second kappa shape index (κ2) is 5.23. The number of nitriles is 1. The quantitative estimate of drug-likeness (QED) is 0.870. The summed E-state index contributed by atoms with van der Waals surface area (Å²) < 4.78 is 11.0. The van der Waals surface area contributed by atoms with E-state index in [1.807, 2.05) is 24.3 Å². The highest BCUT2D eigenvalue weighted by atomic mass is 79.9. The summed E-state index contributed by atoms with van der Waals surface area (Å²) in [5.74, 6) is 1.40. The minimum atomic E-state index is 0.249. The summed E-state index contributed by atoms with van der Waals surface area (Å²) in [4.78, 5) is 0. The van der Waals surface area contributed by atoms with Crippen LogP contribution in [0.2, 0.25) is 0 Å². The van der Waals surface area contributed by atoms with Gasteiger partial charge in [0.15, 0.2) is 11.5 Å². The molecule has 1 aromatic carbocycles. The third-order valence-corrected chi connectivity index (χ3v) is 3.40. The van der Waals surface area contributed by atoms with Crippen molar-refractivity contribution in [2.24, 2.45) is 0 Å². The maximum Gasteiger partial charge on any atom is 0.198 e. The fourth-order valence-electron chi connectivity index (χ4n) is 1.72. The number of aromatic nitrogens is 1. The lowest BCUT2D eigenvalue weighted by Crippen LogP contribution is -1.91. The van der Waals surface area contributed by atoms with Crippen LogP contribution in [0, 0.1) is 11.3 Å². The van der Waals surface area contributed by atoms with Crippen molar-refractivity contribution in [3.8, 4) is 23.1 Å². The van der Waals surface area contributed by atoms with Crippen molar-refractivity contribution in [3.05, 3.63) is 33.9 Å². The van der Waals surface area contributed by atoms with E-state index in [0.717, 1.165) is 23.3 Å². The van der Waals surface area contributed by atoms with Crippen molar-refractivity contribution in [2.45, 2.75) is 13.3 Å². The standard InChI is InChI=1S/C13H11BrN2O2/c1-3-8-6-9(4-5-11(8)17-2)13-12(14)10(7-15)16-18-13/h4-6H,3H2,1-2H3. The van der Waals surface area contributed by atoms with Crippen LogP contribution in [0.4, 0.5) is 0 Å². The van der Waals surface area contributed by atoms with Gasteiger partial charge in [-0.3, -0.25) is 0 Å². The Morgan fingerprint density at radius 2 is 2.28 bits per heavy atom. The lowest BCUT2D eigenvalue weighted by molar-refractivity contribution is 0.409. The van der Waals surface area contributed by atoms with E-state index in [4.69, 9.17) is 14.5 Å². The summed E-state index contributed by atoms with van der Waals surface area (Å²) in [5, 5.41) is 12.5. The number of halogens is 1. The maximum absolute atomic E-state index is 8.84. The largest absolute Gasteiger partial charge is 0.496 e. The van der Waals surface area contributed by atoms with Crippen LogP contribution in [0.1, 0.15) is 18.2 Å².